The number of nitrogen functional groups attached to an aromatic ring is 1. The predicted molar refractivity (Wildman–Crippen MR) is 65.9 cm³/mol. The first-order valence-corrected chi connectivity index (χ1v) is 8.03. The summed E-state index contributed by atoms with van der Waals surface area (Å²) in [5.74, 6) is -1.25. The Morgan fingerprint density at radius 2 is 1.83 bits per heavy atom. The van der Waals surface area contributed by atoms with Crippen LogP contribution in [0, 0.1) is 0 Å². The summed E-state index contributed by atoms with van der Waals surface area (Å²) in [5.41, 5.74) is 5.68. The maximum Gasteiger partial charge on any atom is 0.265 e. The second-order valence-corrected chi connectivity index (χ2v) is 7.19. The number of benzene rings is 1. The van der Waals surface area contributed by atoms with Crippen molar-refractivity contribution in [2.24, 2.45) is 0 Å². The van der Waals surface area contributed by atoms with Crippen molar-refractivity contribution in [2.45, 2.75) is 4.90 Å². The third-order valence-corrected chi connectivity index (χ3v) is 4.86. The Kier molecular flexibility index (Phi) is 4.20. The van der Waals surface area contributed by atoms with Gasteiger partial charge in [0.05, 0.1) is 29.2 Å². The van der Waals surface area contributed by atoms with Gasteiger partial charge in [0.1, 0.15) is 5.75 Å². The lowest BCUT2D eigenvalue weighted by Crippen LogP contribution is -2.16. The molecule has 3 N–H and O–H groups in total. The molecule has 7 nitrogen and oxygen atoms in total. The van der Waals surface area contributed by atoms with Crippen LogP contribution in [0.3, 0.4) is 0 Å². The summed E-state index contributed by atoms with van der Waals surface area (Å²) in [6.45, 7) is 0. The lowest BCUT2D eigenvalue weighted by atomic mass is 10.3. The fraction of sp³-hybridized carbons (Fsp3) is 0.333. The van der Waals surface area contributed by atoms with E-state index in [1.807, 2.05) is 0 Å². The summed E-state index contributed by atoms with van der Waals surface area (Å²) in [6.07, 6.45) is 0. The van der Waals surface area contributed by atoms with Crippen molar-refractivity contribution in [3.05, 3.63) is 18.2 Å². The van der Waals surface area contributed by atoms with Crippen LogP contribution in [-0.2, 0) is 20.0 Å². The molecule has 0 amide bonds. The fourth-order valence-corrected chi connectivity index (χ4v) is 3.78. The zero-order valence-electron chi connectivity index (χ0n) is 9.53. The lowest BCUT2D eigenvalue weighted by Gasteiger charge is -2.07. The predicted octanol–water partition coefficient (Wildman–Crippen LogP) is -0.0611. The molecule has 0 aliphatic carbocycles. The van der Waals surface area contributed by atoms with Gasteiger partial charge in [0.25, 0.3) is 10.1 Å². The summed E-state index contributed by atoms with van der Waals surface area (Å²) in [6, 6.07) is 3.81. The number of anilines is 1. The van der Waals surface area contributed by atoms with Crippen LogP contribution < -0.4 is 10.5 Å². The molecule has 0 saturated heterocycles. The number of rotatable bonds is 5. The van der Waals surface area contributed by atoms with Crippen LogP contribution in [0.25, 0.3) is 0 Å². The number of hydrogen-bond donors (Lipinski definition) is 2. The molecule has 18 heavy (non-hydrogen) atoms. The Morgan fingerprint density at radius 3 is 2.28 bits per heavy atom. The van der Waals surface area contributed by atoms with Gasteiger partial charge in [0.2, 0.25) is 0 Å². The van der Waals surface area contributed by atoms with Gasteiger partial charge in [0, 0.05) is 0 Å². The van der Waals surface area contributed by atoms with Crippen LogP contribution in [0.15, 0.2) is 23.1 Å². The first-order chi connectivity index (χ1) is 8.15. The van der Waals surface area contributed by atoms with Gasteiger partial charge in [-0.15, -0.1) is 0 Å². The normalized spacial score (nSPS) is 12.3. The van der Waals surface area contributed by atoms with E-state index in [4.69, 9.17) is 15.0 Å². The van der Waals surface area contributed by atoms with Crippen LogP contribution in [0.1, 0.15) is 0 Å². The van der Waals surface area contributed by atoms with Crippen molar-refractivity contribution in [3.63, 3.8) is 0 Å². The molecule has 1 aromatic carbocycles. The van der Waals surface area contributed by atoms with Crippen LogP contribution >= 0.6 is 0 Å². The monoisotopic (exact) mass is 295 g/mol. The standard InChI is InChI=1S/C9H13NO6S2/c1-16-9-3-2-7(6-8(9)10)17(11,12)4-5-18(13,14)15/h2-3,6H,4-5,10H2,1H3,(H,13,14,15). The SMILES string of the molecule is COc1ccc(S(=O)(=O)CCS(=O)(=O)O)cc1N. The van der Waals surface area contributed by atoms with E-state index in [2.05, 4.69) is 0 Å². The molecule has 0 aliphatic rings. The van der Waals surface area contributed by atoms with Crippen molar-refractivity contribution in [1.82, 2.24) is 0 Å². The summed E-state index contributed by atoms with van der Waals surface area (Å²) in [5, 5.41) is 0. The van der Waals surface area contributed by atoms with Crippen molar-refractivity contribution in [3.8, 4) is 5.75 Å². The van der Waals surface area contributed by atoms with E-state index in [1.165, 1.54) is 25.3 Å². The van der Waals surface area contributed by atoms with Crippen molar-refractivity contribution in [2.75, 3.05) is 24.3 Å². The van der Waals surface area contributed by atoms with E-state index in [9.17, 15) is 16.8 Å². The van der Waals surface area contributed by atoms with Gasteiger partial charge in [-0.1, -0.05) is 0 Å². The smallest absolute Gasteiger partial charge is 0.265 e. The number of ether oxygens (including phenoxy) is 1. The second-order valence-electron chi connectivity index (χ2n) is 3.51. The molecular formula is C9H13NO6S2. The third-order valence-electron chi connectivity index (χ3n) is 2.17. The second kappa shape index (κ2) is 5.12. The molecule has 0 radical (unpaired) electrons. The zero-order valence-corrected chi connectivity index (χ0v) is 11.2. The fourth-order valence-electron chi connectivity index (χ4n) is 1.24. The van der Waals surface area contributed by atoms with Gasteiger partial charge >= 0.3 is 0 Å². The highest BCUT2D eigenvalue weighted by atomic mass is 32.2. The first kappa shape index (κ1) is 14.7. The average molecular weight is 295 g/mol. The minimum Gasteiger partial charge on any atom is -0.495 e. The Labute approximate surface area is 105 Å². The Morgan fingerprint density at radius 1 is 1.22 bits per heavy atom. The molecule has 1 rings (SSSR count). The lowest BCUT2D eigenvalue weighted by molar-refractivity contribution is 0.416. The average Bonchev–Trinajstić information content (AvgIpc) is 2.25. The highest BCUT2D eigenvalue weighted by Gasteiger charge is 2.19. The van der Waals surface area contributed by atoms with E-state index in [0.717, 1.165) is 0 Å². The highest BCUT2D eigenvalue weighted by Crippen LogP contribution is 2.24. The van der Waals surface area contributed by atoms with Gasteiger partial charge < -0.3 is 10.5 Å². The van der Waals surface area contributed by atoms with E-state index < -0.39 is 31.5 Å². The number of methoxy groups -OCH3 is 1. The molecule has 0 spiro atoms. The van der Waals surface area contributed by atoms with Gasteiger partial charge in [-0.25, -0.2) is 8.42 Å². The summed E-state index contributed by atoms with van der Waals surface area (Å²) in [7, 11) is -6.75. The van der Waals surface area contributed by atoms with Crippen LogP contribution in [0.4, 0.5) is 5.69 Å². The highest BCUT2D eigenvalue weighted by molar-refractivity contribution is 7.93. The number of nitrogens with two attached hydrogens (primary N) is 1. The molecule has 0 saturated carbocycles. The van der Waals surface area contributed by atoms with E-state index in [1.54, 1.807) is 0 Å². The van der Waals surface area contributed by atoms with Crippen molar-refractivity contribution in [1.29, 1.82) is 0 Å². The third kappa shape index (κ3) is 3.86. The first-order valence-electron chi connectivity index (χ1n) is 4.77. The molecule has 0 heterocycles. The number of sulfone groups is 1. The van der Waals surface area contributed by atoms with Crippen LogP contribution in [0.2, 0.25) is 0 Å². The summed E-state index contributed by atoms with van der Waals surface area (Å²) in [4.78, 5) is -0.121. The topological polar surface area (TPSA) is 124 Å². The Bertz CT molecular complexity index is 635. The number of hydrogen-bond acceptors (Lipinski definition) is 6. The molecule has 0 unspecified atom stereocenters. The largest absolute Gasteiger partial charge is 0.495 e. The summed E-state index contributed by atoms with van der Waals surface area (Å²) >= 11 is 0. The molecule has 0 bridgehead atoms. The molecule has 0 aliphatic heterocycles. The minimum atomic E-state index is -4.32. The Hall–Kier alpha value is -1.32. The van der Waals surface area contributed by atoms with Crippen LogP contribution in [-0.4, -0.2) is 40.0 Å². The van der Waals surface area contributed by atoms with E-state index >= 15 is 0 Å². The minimum absolute atomic E-state index is 0.121. The van der Waals surface area contributed by atoms with Gasteiger partial charge in [-0.2, -0.15) is 8.42 Å². The molecule has 0 atom stereocenters. The molecule has 0 aromatic heterocycles. The molecule has 9 heteroatoms. The maximum absolute atomic E-state index is 11.8. The molecule has 102 valence electrons. The maximum atomic E-state index is 11.8. The molecule has 1 aromatic rings. The van der Waals surface area contributed by atoms with Crippen molar-refractivity contribution >= 4 is 25.6 Å². The van der Waals surface area contributed by atoms with Gasteiger partial charge in [-0.3, -0.25) is 4.55 Å². The van der Waals surface area contributed by atoms with E-state index in [-0.39, 0.29) is 10.6 Å². The Balaban J connectivity index is 3.03. The summed E-state index contributed by atoms with van der Waals surface area (Å²) < 4.78 is 58.0. The van der Waals surface area contributed by atoms with Crippen LogP contribution in [0.5, 0.6) is 5.75 Å². The van der Waals surface area contributed by atoms with E-state index in [0.29, 0.717) is 5.75 Å². The molecular weight excluding hydrogens is 282 g/mol. The quantitative estimate of drug-likeness (QED) is 0.576. The molecule has 0 fully saturated rings. The van der Waals surface area contributed by atoms with Gasteiger partial charge in [0.15, 0.2) is 9.84 Å². The zero-order chi connectivity index (χ0) is 14.0. The van der Waals surface area contributed by atoms with Crippen molar-refractivity contribution < 1.29 is 26.1 Å². The van der Waals surface area contributed by atoms with Gasteiger partial charge in [-0.05, 0) is 18.2 Å².